The first-order valence-electron chi connectivity index (χ1n) is 8.59. The Bertz CT molecular complexity index is 849. The third-order valence-corrected chi connectivity index (χ3v) is 4.66. The number of thiazole rings is 1. The average molecular weight is 367 g/mol. The molecule has 134 valence electrons. The van der Waals surface area contributed by atoms with Gasteiger partial charge in [-0.15, -0.1) is 11.3 Å². The Kier molecular flexibility index (Phi) is 6.33. The van der Waals surface area contributed by atoms with Crippen LogP contribution in [-0.4, -0.2) is 29.0 Å². The van der Waals surface area contributed by atoms with E-state index in [0.717, 1.165) is 34.1 Å². The number of ether oxygens (including phenoxy) is 1. The predicted molar refractivity (Wildman–Crippen MR) is 103 cm³/mol. The van der Waals surface area contributed by atoms with Gasteiger partial charge in [0.15, 0.2) is 0 Å². The number of aromatic nitrogens is 2. The van der Waals surface area contributed by atoms with Gasteiger partial charge in [-0.2, -0.15) is 0 Å². The molecule has 1 amide bonds. The van der Waals surface area contributed by atoms with Crippen LogP contribution in [0.2, 0.25) is 0 Å². The van der Waals surface area contributed by atoms with E-state index in [2.05, 4.69) is 15.3 Å². The third kappa shape index (κ3) is 4.89. The van der Waals surface area contributed by atoms with Gasteiger partial charge in [0, 0.05) is 30.2 Å². The molecule has 0 aliphatic heterocycles. The minimum absolute atomic E-state index is 0.0316. The van der Waals surface area contributed by atoms with Crippen molar-refractivity contribution in [2.24, 2.45) is 0 Å². The summed E-state index contributed by atoms with van der Waals surface area (Å²) in [4.78, 5) is 21.0. The van der Waals surface area contributed by atoms with E-state index < -0.39 is 0 Å². The van der Waals surface area contributed by atoms with Gasteiger partial charge >= 0.3 is 0 Å². The summed E-state index contributed by atoms with van der Waals surface area (Å²) >= 11 is 1.52. The number of rotatable bonds is 8. The van der Waals surface area contributed by atoms with Crippen molar-refractivity contribution >= 4 is 17.2 Å². The van der Waals surface area contributed by atoms with Crippen molar-refractivity contribution in [3.8, 4) is 16.3 Å². The quantitative estimate of drug-likeness (QED) is 0.662. The highest BCUT2D eigenvalue weighted by atomic mass is 32.1. The van der Waals surface area contributed by atoms with Crippen molar-refractivity contribution in [2.45, 2.75) is 19.8 Å². The van der Waals surface area contributed by atoms with Crippen LogP contribution in [-0.2, 0) is 17.6 Å². The SMILES string of the molecule is CCOc1ccccc1-c1nc(CC(=O)NCCc2ccccn2)cs1. The zero-order chi connectivity index (χ0) is 18.2. The molecule has 5 nitrogen and oxygen atoms in total. The number of carbonyl (C=O) groups is 1. The first-order valence-corrected chi connectivity index (χ1v) is 9.47. The normalized spacial score (nSPS) is 10.5. The molecule has 0 aliphatic rings. The zero-order valence-electron chi connectivity index (χ0n) is 14.6. The number of hydrogen-bond acceptors (Lipinski definition) is 5. The molecule has 0 spiro atoms. The number of pyridine rings is 1. The first-order chi connectivity index (χ1) is 12.8. The predicted octanol–water partition coefficient (Wildman–Crippen LogP) is 3.51. The van der Waals surface area contributed by atoms with Crippen molar-refractivity contribution < 1.29 is 9.53 Å². The van der Waals surface area contributed by atoms with Crippen molar-refractivity contribution in [2.75, 3.05) is 13.2 Å². The molecule has 0 unspecified atom stereocenters. The average Bonchev–Trinajstić information content (AvgIpc) is 3.11. The van der Waals surface area contributed by atoms with E-state index >= 15 is 0 Å². The number of amides is 1. The highest BCUT2D eigenvalue weighted by Gasteiger charge is 2.12. The highest BCUT2D eigenvalue weighted by molar-refractivity contribution is 7.13. The van der Waals surface area contributed by atoms with E-state index in [-0.39, 0.29) is 12.3 Å². The van der Waals surface area contributed by atoms with Crippen LogP contribution in [0, 0.1) is 0 Å². The first kappa shape index (κ1) is 18.1. The van der Waals surface area contributed by atoms with E-state index in [9.17, 15) is 4.79 Å². The fraction of sp³-hybridized carbons (Fsp3) is 0.250. The standard InChI is InChI=1S/C20H21N3O2S/c1-2-25-18-9-4-3-8-17(18)20-23-16(14-26-20)13-19(24)22-12-10-15-7-5-6-11-21-15/h3-9,11,14H,2,10,12-13H2,1H3,(H,22,24). The summed E-state index contributed by atoms with van der Waals surface area (Å²) in [5, 5.41) is 5.71. The Morgan fingerprint density at radius 3 is 2.81 bits per heavy atom. The minimum atomic E-state index is -0.0316. The maximum absolute atomic E-state index is 12.1. The highest BCUT2D eigenvalue weighted by Crippen LogP contribution is 2.32. The summed E-state index contributed by atoms with van der Waals surface area (Å²) in [5.41, 5.74) is 2.70. The lowest BCUT2D eigenvalue weighted by atomic mass is 10.2. The topological polar surface area (TPSA) is 64.1 Å². The molecule has 2 aromatic heterocycles. The van der Waals surface area contributed by atoms with E-state index in [1.807, 2.05) is 54.8 Å². The van der Waals surface area contributed by atoms with Crippen LogP contribution in [0.3, 0.4) is 0 Å². The van der Waals surface area contributed by atoms with Gasteiger partial charge in [0.05, 0.1) is 24.3 Å². The summed E-state index contributed by atoms with van der Waals surface area (Å²) in [5.74, 6) is 0.784. The van der Waals surface area contributed by atoms with Crippen LogP contribution in [0.1, 0.15) is 18.3 Å². The summed E-state index contributed by atoms with van der Waals surface area (Å²) in [6.07, 6.45) is 2.75. The number of para-hydroxylation sites is 1. The minimum Gasteiger partial charge on any atom is -0.493 e. The molecule has 0 radical (unpaired) electrons. The molecule has 0 saturated heterocycles. The van der Waals surface area contributed by atoms with E-state index in [0.29, 0.717) is 13.2 Å². The van der Waals surface area contributed by atoms with Crippen molar-refractivity contribution in [1.82, 2.24) is 15.3 Å². The molecule has 0 bridgehead atoms. The van der Waals surface area contributed by atoms with Crippen molar-refractivity contribution in [1.29, 1.82) is 0 Å². The fourth-order valence-electron chi connectivity index (χ4n) is 2.54. The molecular formula is C20H21N3O2S. The van der Waals surface area contributed by atoms with Gasteiger partial charge < -0.3 is 10.1 Å². The maximum Gasteiger partial charge on any atom is 0.226 e. The second-order valence-corrected chi connectivity index (χ2v) is 6.53. The third-order valence-electron chi connectivity index (χ3n) is 3.74. The van der Waals surface area contributed by atoms with Gasteiger partial charge in [0.1, 0.15) is 10.8 Å². The van der Waals surface area contributed by atoms with Gasteiger partial charge in [0.25, 0.3) is 0 Å². The Hall–Kier alpha value is -2.73. The largest absolute Gasteiger partial charge is 0.493 e. The Morgan fingerprint density at radius 2 is 2.00 bits per heavy atom. The van der Waals surface area contributed by atoms with Gasteiger partial charge in [-0.05, 0) is 31.2 Å². The van der Waals surface area contributed by atoms with Crippen LogP contribution < -0.4 is 10.1 Å². The van der Waals surface area contributed by atoms with Crippen molar-refractivity contribution in [3.05, 3.63) is 65.4 Å². The van der Waals surface area contributed by atoms with Crippen LogP contribution in [0.15, 0.2) is 54.0 Å². The molecular weight excluding hydrogens is 346 g/mol. The second-order valence-electron chi connectivity index (χ2n) is 5.67. The van der Waals surface area contributed by atoms with Crippen molar-refractivity contribution in [3.63, 3.8) is 0 Å². The molecule has 0 fully saturated rings. The van der Waals surface area contributed by atoms with E-state index in [4.69, 9.17) is 4.74 Å². The van der Waals surface area contributed by atoms with Gasteiger partial charge in [-0.25, -0.2) is 4.98 Å². The summed E-state index contributed by atoms with van der Waals surface area (Å²) in [7, 11) is 0. The maximum atomic E-state index is 12.1. The number of nitrogens with one attached hydrogen (secondary N) is 1. The monoisotopic (exact) mass is 367 g/mol. The van der Waals surface area contributed by atoms with E-state index in [1.165, 1.54) is 11.3 Å². The zero-order valence-corrected chi connectivity index (χ0v) is 15.5. The number of carbonyl (C=O) groups excluding carboxylic acids is 1. The second kappa shape index (κ2) is 9.10. The molecule has 3 rings (SSSR count). The molecule has 2 heterocycles. The summed E-state index contributed by atoms with van der Waals surface area (Å²) in [6.45, 7) is 3.13. The molecule has 1 N–H and O–H groups in total. The lowest BCUT2D eigenvalue weighted by Gasteiger charge is -2.07. The molecule has 1 aromatic carbocycles. The fourth-order valence-corrected chi connectivity index (χ4v) is 3.39. The van der Waals surface area contributed by atoms with Crippen LogP contribution in [0.4, 0.5) is 0 Å². The Balaban J connectivity index is 1.56. The molecule has 0 atom stereocenters. The summed E-state index contributed by atoms with van der Waals surface area (Å²) in [6, 6.07) is 13.6. The number of benzene rings is 1. The molecule has 26 heavy (non-hydrogen) atoms. The Morgan fingerprint density at radius 1 is 1.15 bits per heavy atom. The van der Waals surface area contributed by atoms with Gasteiger partial charge in [-0.3, -0.25) is 9.78 Å². The van der Waals surface area contributed by atoms with Crippen LogP contribution in [0.5, 0.6) is 5.75 Å². The molecule has 3 aromatic rings. The van der Waals surface area contributed by atoms with E-state index in [1.54, 1.807) is 6.20 Å². The molecule has 0 saturated carbocycles. The van der Waals surface area contributed by atoms with Crippen LogP contribution >= 0.6 is 11.3 Å². The lowest BCUT2D eigenvalue weighted by molar-refractivity contribution is -0.120. The molecule has 0 aliphatic carbocycles. The molecule has 6 heteroatoms. The van der Waals surface area contributed by atoms with Gasteiger partial charge in [0.2, 0.25) is 5.91 Å². The van der Waals surface area contributed by atoms with Crippen LogP contribution in [0.25, 0.3) is 10.6 Å². The number of hydrogen-bond donors (Lipinski definition) is 1. The Labute approximate surface area is 157 Å². The lowest BCUT2D eigenvalue weighted by Crippen LogP contribution is -2.27. The summed E-state index contributed by atoms with van der Waals surface area (Å²) < 4.78 is 5.66. The van der Waals surface area contributed by atoms with Gasteiger partial charge in [-0.1, -0.05) is 18.2 Å². The number of nitrogens with zero attached hydrogens (tertiary/aromatic N) is 2. The smallest absolute Gasteiger partial charge is 0.226 e.